The fraction of sp³-hybridized carbons (Fsp3) is 0.733. The Morgan fingerprint density at radius 1 is 1.45 bits per heavy atom. The van der Waals surface area contributed by atoms with Gasteiger partial charge in [-0.05, 0) is 37.5 Å². The van der Waals surface area contributed by atoms with Gasteiger partial charge in [-0.2, -0.15) is 0 Å². The molecule has 0 radical (unpaired) electrons. The van der Waals surface area contributed by atoms with Gasteiger partial charge in [0.15, 0.2) is 0 Å². The second kappa shape index (κ2) is 5.72. The van der Waals surface area contributed by atoms with Crippen molar-refractivity contribution < 1.29 is 4.79 Å². The molecule has 110 valence electrons. The van der Waals surface area contributed by atoms with Gasteiger partial charge in [-0.25, -0.2) is 9.78 Å². The number of carbonyl (C=O) groups excluding carboxylic acids is 1. The highest BCUT2D eigenvalue weighted by Gasteiger charge is 2.40. The van der Waals surface area contributed by atoms with Gasteiger partial charge in [0.25, 0.3) is 0 Å². The molecular weight excluding hydrogens is 270 g/mol. The van der Waals surface area contributed by atoms with Crippen molar-refractivity contribution in [3.63, 3.8) is 0 Å². The fourth-order valence-corrected chi connectivity index (χ4v) is 4.12. The molecule has 2 fully saturated rings. The Kier molecular flexibility index (Phi) is 3.96. The summed E-state index contributed by atoms with van der Waals surface area (Å²) in [6.45, 7) is 3.92. The smallest absolute Gasteiger partial charge is 0.317 e. The number of hydrogen-bond acceptors (Lipinski definition) is 3. The number of aromatic nitrogens is 1. The zero-order valence-electron chi connectivity index (χ0n) is 12.1. The van der Waals surface area contributed by atoms with E-state index >= 15 is 0 Å². The van der Waals surface area contributed by atoms with E-state index in [0.29, 0.717) is 5.41 Å². The number of likely N-dealkylation sites (tertiary alicyclic amines) is 1. The zero-order valence-corrected chi connectivity index (χ0v) is 12.9. The maximum Gasteiger partial charge on any atom is 0.317 e. The van der Waals surface area contributed by atoms with Crippen LogP contribution in [0.1, 0.15) is 56.5 Å². The van der Waals surface area contributed by atoms with Gasteiger partial charge in [0.05, 0.1) is 6.04 Å². The van der Waals surface area contributed by atoms with Crippen molar-refractivity contribution in [1.29, 1.82) is 0 Å². The van der Waals surface area contributed by atoms with Crippen molar-refractivity contribution in [3.05, 3.63) is 16.6 Å². The molecule has 2 amide bonds. The molecule has 0 bridgehead atoms. The van der Waals surface area contributed by atoms with E-state index in [1.807, 2.05) is 10.3 Å². The summed E-state index contributed by atoms with van der Waals surface area (Å²) in [7, 11) is 0. The number of piperidine rings is 1. The SMILES string of the molecule is CCC(NC(=O)N1CCC2(CCC2)CC1)c1nccs1. The lowest BCUT2D eigenvalue weighted by Gasteiger charge is -2.48. The normalized spacial score (nSPS) is 22.4. The highest BCUT2D eigenvalue weighted by atomic mass is 32.1. The van der Waals surface area contributed by atoms with Gasteiger partial charge in [0.1, 0.15) is 5.01 Å². The summed E-state index contributed by atoms with van der Waals surface area (Å²) in [4.78, 5) is 18.7. The summed E-state index contributed by atoms with van der Waals surface area (Å²) in [6, 6.07) is 0.142. The van der Waals surface area contributed by atoms with Gasteiger partial charge < -0.3 is 10.2 Å². The summed E-state index contributed by atoms with van der Waals surface area (Å²) in [5.74, 6) is 0. The summed E-state index contributed by atoms with van der Waals surface area (Å²) in [5, 5.41) is 6.11. The third kappa shape index (κ3) is 2.68. The van der Waals surface area contributed by atoms with Crippen LogP contribution < -0.4 is 5.32 Å². The van der Waals surface area contributed by atoms with E-state index in [2.05, 4.69) is 17.2 Å². The predicted octanol–water partition coefficient (Wildman–Crippen LogP) is 3.57. The van der Waals surface area contributed by atoms with Crippen LogP contribution in [0.2, 0.25) is 0 Å². The van der Waals surface area contributed by atoms with Crippen molar-refractivity contribution in [2.24, 2.45) is 5.41 Å². The lowest BCUT2D eigenvalue weighted by molar-refractivity contribution is 0.0457. The first-order valence-electron chi connectivity index (χ1n) is 7.67. The molecule has 2 aliphatic rings. The summed E-state index contributed by atoms with van der Waals surface area (Å²) < 4.78 is 0. The molecule has 4 nitrogen and oxygen atoms in total. The van der Waals surface area contributed by atoms with Gasteiger partial charge in [0.2, 0.25) is 0 Å². The van der Waals surface area contributed by atoms with E-state index < -0.39 is 0 Å². The van der Waals surface area contributed by atoms with Crippen LogP contribution >= 0.6 is 11.3 Å². The monoisotopic (exact) mass is 293 g/mol. The molecule has 1 aromatic heterocycles. The van der Waals surface area contributed by atoms with E-state index in [9.17, 15) is 4.79 Å². The second-order valence-electron chi connectivity index (χ2n) is 6.12. The van der Waals surface area contributed by atoms with Gasteiger partial charge in [-0.3, -0.25) is 0 Å². The van der Waals surface area contributed by atoms with E-state index in [4.69, 9.17) is 0 Å². The minimum Gasteiger partial charge on any atom is -0.329 e. The first kappa shape index (κ1) is 13.9. The lowest BCUT2D eigenvalue weighted by atomic mass is 9.63. The van der Waals surface area contributed by atoms with Crippen LogP contribution in [0.15, 0.2) is 11.6 Å². The largest absolute Gasteiger partial charge is 0.329 e. The molecule has 2 heterocycles. The molecule has 1 atom stereocenters. The zero-order chi connectivity index (χ0) is 14.0. The number of nitrogens with zero attached hydrogens (tertiary/aromatic N) is 2. The van der Waals surface area contributed by atoms with Crippen molar-refractivity contribution in [2.45, 2.75) is 51.5 Å². The summed E-state index contributed by atoms with van der Waals surface area (Å²) in [6.07, 6.45) is 9.20. The van der Waals surface area contributed by atoms with Gasteiger partial charge >= 0.3 is 6.03 Å². The van der Waals surface area contributed by atoms with Crippen molar-refractivity contribution in [3.8, 4) is 0 Å². The Hall–Kier alpha value is -1.10. The predicted molar refractivity (Wildman–Crippen MR) is 80.8 cm³/mol. The quantitative estimate of drug-likeness (QED) is 0.926. The van der Waals surface area contributed by atoms with Gasteiger partial charge in [-0.15, -0.1) is 11.3 Å². The Bertz CT molecular complexity index is 446. The topological polar surface area (TPSA) is 45.2 Å². The lowest BCUT2D eigenvalue weighted by Crippen LogP contribution is -2.49. The number of rotatable bonds is 3. The number of urea groups is 1. The number of hydrogen-bond donors (Lipinski definition) is 1. The number of amides is 2. The first-order chi connectivity index (χ1) is 9.72. The molecule has 1 aliphatic heterocycles. The van der Waals surface area contributed by atoms with E-state index in [1.165, 1.54) is 32.1 Å². The molecule has 1 aromatic rings. The number of carbonyl (C=O) groups is 1. The van der Waals surface area contributed by atoms with E-state index in [1.54, 1.807) is 17.5 Å². The average molecular weight is 293 g/mol. The van der Waals surface area contributed by atoms with Crippen LogP contribution in [-0.4, -0.2) is 29.0 Å². The molecule has 1 N–H and O–H groups in total. The second-order valence-corrected chi connectivity index (χ2v) is 7.05. The molecule has 1 spiro atoms. The minimum absolute atomic E-state index is 0.0575. The molecular formula is C15H23N3OS. The number of thiazole rings is 1. The standard InChI is InChI=1S/C15H23N3OS/c1-2-12(13-16-8-11-20-13)17-14(19)18-9-6-15(7-10-18)4-3-5-15/h8,11-12H,2-7,9-10H2,1H3,(H,17,19). The highest BCUT2D eigenvalue weighted by molar-refractivity contribution is 7.09. The van der Waals surface area contributed by atoms with Crippen molar-refractivity contribution in [2.75, 3.05) is 13.1 Å². The molecule has 20 heavy (non-hydrogen) atoms. The van der Waals surface area contributed by atoms with Crippen LogP contribution in [-0.2, 0) is 0 Å². The Labute approximate surface area is 124 Å². The molecule has 1 aliphatic carbocycles. The van der Waals surface area contributed by atoms with Crippen LogP contribution in [0.3, 0.4) is 0 Å². The third-order valence-electron chi connectivity index (χ3n) is 4.98. The maximum atomic E-state index is 12.4. The van der Waals surface area contributed by atoms with Crippen LogP contribution in [0, 0.1) is 5.41 Å². The molecule has 3 rings (SSSR count). The third-order valence-corrected chi connectivity index (χ3v) is 5.87. The summed E-state index contributed by atoms with van der Waals surface area (Å²) >= 11 is 1.61. The van der Waals surface area contributed by atoms with E-state index in [0.717, 1.165) is 24.5 Å². The summed E-state index contributed by atoms with van der Waals surface area (Å²) in [5.41, 5.74) is 0.593. The maximum absolute atomic E-state index is 12.4. The minimum atomic E-state index is 0.0575. The average Bonchev–Trinajstić information content (AvgIpc) is 2.97. The van der Waals surface area contributed by atoms with Gasteiger partial charge in [-0.1, -0.05) is 13.3 Å². The molecule has 1 saturated heterocycles. The van der Waals surface area contributed by atoms with Crippen LogP contribution in [0.5, 0.6) is 0 Å². The Balaban J connectivity index is 1.54. The molecule has 5 heteroatoms. The van der Waals surface area contributed by atoms with Gasteiger partial charge in [0, 0.05) is 24.7 Å². The number of nitrogens with one attached hydrogen (secondary N) is 1. The first-order valence-corrected chi connectivity index (χ1v) is 8.55. The highest BCUT2D eigenvalue weighted by Crippen LogP contribution is 2.48. The molecule has 0 aromatic carbocycles. The fourth-order valence-electron chi connectivity index (χ4n) is 3.35. The molecule has 1 saturated carbocycles. The Morgan fingerprint density at radius 2 is 2.20 bits per heavy atom. The van der Waals surface area contributed by atoms with Crippen LogP contribution in [0.4, 0.5) is 4.79 Å². The van der Waals surface area contributed by atoms with Crippen LogP contribution in [0.25, 0.3) is 0 Å². The molecule has 1 unspecified atom stereocenters. The van der Waals surface area contributed by atoms with E-state index in [-0.39, 0.29) is 12.1 Å². The Morgan fingerprint density at radius 3 is 2.70 bits per heavy atom. The van der Waals surface area contributed by atoms with Crippen molar-refractivity contribution in [1.82, 2.24) is 15.2 Å². The van der Waals surface area contributed by atoms with Crippen molar-refractivity contribution >= 4 is 17.4 Å².